The lowest BCUT2D eigenvalue weighted by atomic mass is 10.4. The lowest BCUT2D eigenvalue weighted by Crippen LogP contribution is -2.16. The second-order valence-electron chi connectivity index (χ2n) is 2.82. The molecular weight excluding hydrogens is 280 g/mol. The van der Waals surface area contributed by atoms with Gasteiger partial charge in [0.25, 0.3) is 5.91 Å². The molecule has 0 fully saturated rings. The fourth-order valence-electron chi connectivity index (χ4n) is 1.10. The van der Waals surface area contributed by atoms with Crippen LogP contribution in [0.4, 0.5) is 5.69 Å². The fraction of sp³-hybridized carbons (Fsp3) is 0.125. The van der Waals surface area contributed by atoms with Gasteiger partial charge in [-0.1, -0.05) is 5.21 Å². The molecule has 1 amide bonds. The number of anilines is 1. The van der Waals surface area contributed by atoms with E-state index in [4.69, 9.17) is 0 Å². The number of carbonyl (C=O) groups excluding carboxylic acids is 1. The van der Waals surface area contributed by atoms with Gasteiger partial charge in [0.2, 0.25) is 0 Å². The van der Waals surface area contributed by atoms with Crippen molar-refractivity contribution < 1.29 is 4.79 Å². The first-order valence-electron chi connectivity index (χ1n) is 4.07. The molecule has 0 aliphatic carbocycles. The second kappa shape index (κ2) is 4.11. The summed E-state index contributed by atoms with van der Waals surface area (Å²) in [5.74, 6) is -0.229. The average Bonchev–Trinajstić information content (AvgIpc) is 2.77. The van der Waals surface area contributed by atoms with E-state index in [0.29, 0.717) is 10.3 Å². The maximum atomic E-state index is 11.8. The van der Waals surface area contributed by atoms with Crippen molar-refractivity contribution in [2.45, 2.75) is 0 Å². The first-order valence-corrected chi connectivity index (χ1v) is 5.81. The number of hydrogen-bond acceptors (Lipinski definition) is 4. The number of halogens is 1. The molecular formula is C8H7BrN4OS. The van der Waals surface area contributed by atoms with Crippen molar-refractivity contribution in [3.05, 3.63) is 27.1 Å². The highest BCUT2D eigenvalue weighted by molar-refractivity contribution is 9.10. The molecule has 0 aliphatic rings. The van der Waals surface area contributed by atoms with Gasteiger partial charge >= 0.3 is 0 Å². The molecule has 15 heavy (non-hydrogen) atoms. The lowest BCUT2D eigenvalue weighted by molar-refractivity contribution is 0.101. The van der Waals surface area contributed by atoms with Gasteiger partial charge in [0.1, 0.15) is 0 Å². The monoisotopic (exact) mass is 286 g/mol. The van der Waals surface area contributed by atoms with E-state index in [-0.39, 0.29) is 5.91 Å². The molecule has 0 aliphatic heterocycles. The van der Waals surface area contributed by atoms with Crippen LogP contribution in [-0.2, 0) is 7.05 Å². The number of hydrogen-bond donors (Lipinski definition) is 1. The lowest BCUT2D eigenvalue weighted by Gasteiger charge is -2.02. The number of nitrogens with one attached hydrogen (secondary N) is 1. The molecule has 5 nitrogen and oxygen atoms in total. The minimum absolute atomic E-state index is 0.229. The number of carbonyl (C=O) groups is 1. The Morgan fingerprint density at radius 2 is 2.47 bits per heavy atom. The molecule has 0 saturated carbocycles. The Bertz CT molecular complexity index is 459. The maximum Gasteiger partial charge on any atom is 0.276 e. The summed E-state index contributed by atoms with van der Waals surface area (Å²) in [5, 5.41) is 14.0. The highest BCUT2D eigenvalue weighted by atomic mass is 79.9. The van der Waals surface area contributed by atoms with Crippen molar-refractivity contribution >= 4 is 38.9 Å². The van der Waals surface area contributed by atoms with E-state index in [1.807, 2.05) is 16.8 Å². The highest BCUT2D eigenvalue weighted by Gasteiger charge is 2.16. The van der Waals surface area contributed by atoms with Crippen LogP contribution in [0.25, 0.3) is 0 Å². The van der Waals surface area contributed by atoms with Gasteiger partial charge in [-0.3, -0.25) is 4.79 Å². The third-order valence-corrected chi connectivity index (χ3v) is 3.00. The molecule has 0 spiro atoms. The Morgan fingerprint density at radius 3 is 3.00 bits per heavy atom. The van der Waals surface area contributed by atoms with Gasteiger partial charge in [-0.15, -0.1) is 5.10 Å². The highest BCUT2D eigenvalue weighted by Crippen LogP contribution is 2.16. The van der Waals surface area contributed by atoms with Crippen LogP contribution in [0.15, 0.2) is 21.4 Å². The Hall–Kier alpha value is -1.21. The predicted molar refractivity (Wildman–Crippen MR) is 61.0 cm³/mol. The largest absolute Gasteiger partial charge is 0.320 e. The molecule has 1 N–H and O–H groups in total. The van der Waals surface area contributed by atoms with Gasteiger partial charge in [0.15, 0.2) is 10.3 Å². The second-order valence-corrected chi connectivity index (χ2v) is 4.35. The summed E-state index contributed by atoms with van der Waals surface area (Å²) in [6.45, 7) is 0. The van der Waals surface area contributed by atoms with Crippen LogP contribution in [0.5, 0.6) is 0 Å². The fourth-order valence-corrected chi connectivity index (χ4v) is 2.19. The molecule has 0 radical (unpaired) electrons. The van der Waals surface area contributed by atoms with Crippen LogP contribution in [0.2, 0.25) is 0 Å². The smallest absolute Gasteiger partial charge is 0.276 e. The minimum atomic E-state index is -0.229. The summed E-state index contributed by atoms with van der Waals surface area (Å²) in [6.07, 6.45) is 0. The number of aryl methyl sites for hydroxylation is 1. The zero-order valence-corrected chi connectivity index (χ0v) is 10.2. The van der Waals surface area contributed by atoms with Crippen LogP contribution in [-0.4, -0.2) is 20.9 Å². The molecule has 2 aromatic heterocycles. The molecule has 2 rings (SSSR count). The topological polar surface area (TPSA) is 59.8 Å². The van der Waals surface area contributed by atoms with Crippen molar-refractivity contribution in [1.82, 2.24) is 15.0 Å². The number of thiophene rings is 1. The molecule has 0 saturated heterocycles. The summed E-state index contributed by atoms with van der Waals surface area (Å²) in [5.41, 5.74) is 1.18. The molecule has 2 aromatic rings. The third kappa shape index (κ3) is 2.07. The van der Waals surface area contributed by atoms with Crippen molar-refractivity contribution in [1.29, 1.82) is 0 Å². The number of rotatable bonds is 2. The maximum absolute atomic E-state index is 11.8. The quantitative estimate of drug-likeness (QED) is 0.917. The van der Waals surface area contributed by atoms with Crippen molar-refractivity contribution in [3.63, 3.8) is 0 Å². The third-order valence-electron chi connectivity index (χ3n) is 1.78. The number of nitrogens with zero attached hydrogens (tertiary/aromatic N) is 3. The van der Waals surface area contributed by atoms with Crippen LogP contribution in [0.1, 0.15) is 10.5 Å². The summed E-state index contributed by atoms with van der Waals surface area (Å²) >= 11 is 4.69. The van der Waals surface area contributed by atoms with Gasteiger partial charge in [-0.25, -0.2) is 4.68 Å². The van der Waals surface area contributed by atoms with Gasteiger partial charge in [0.05, 0.1) is 5.69 Å². The van der Waals surface area contributed by atoms with E-state index in [9.17, 15) is 4.79 Å². The van der Waals surface area contributed by atoms with E-state index >= 15 is 0 Å². The predicted octanol–water partition coefficient (Wildman–Crippen LogP) is 1.89. The van der Waals surface area contributed by atoms with E-state index in [1.165, 1.54) is 16.0 Å². The summed E-state index contributed by atoms with van der Waals surface area (Å²) in [7, 11) is 1.67. The van der Waals surface area contributed by atoms with Crippen LogP contribution < -0.4 is 5.32 Å². The van der Waals surface area contributed by atoms with Crippen molar-refractivity contribution in [2.24, 2.45) is 7.05 Å². The molecule has 0 aromatic carbocycles. The van der Waals surface area contributed by atoms with Gasteiger partial charge in [0, 0.05) is 12.4 Å². The Balaban J connectivity index is 2.22. The average molecular weight is 287 g/mol. The van der Waals surface area contributed by atoms with E-state index in [1.54, 1.807) is 7.05 Å². The SMILES string of the molecule is Cn1nnc(Br)c1C(=O)Nc1ccsc1. The number of aromatic nitrogens is 3. The Kier molecular flexibility index (Phi) is 2.83. The normalized spacial score (nSPS) is 10.3. The standard InChI is InChI=1S/C8H7BrN4OS/c1-13-6(7(9)11-12-13)8(14)10-5-2-3-15-4-5/h2-4H,1H3,(H,10,14). The first-order chi connectivity index (χ1) is 7.18. The van der Waals surface area contributed by atoms with Crippen LogP contribution in [0, 0.1) is 0 Å². The zero-order chi connectivity index (χ0) is 10.8. The Labute approximate surface area is 98.2 Å². The van der Waals surface area contributed by atoms with Gasteiger partial charge in [-0.2, -0.15) is 11.3 Å². The van der Waals surface area contributed by atoms with E-state index < -0.39 is 0 Å². The summed E-state index contributed by atoms with van der Waals surface area (Å²) < 4.78 is 1.86. The summed E-state index contributed by atoms with van der Waals surface area (Å²) in [6, 6.07) is 1.83. The Morgan fingerprint density at radius 1 is 1.67 bits per heavy atom. The van der Waals surface area contributed by atoms with Gasteiger partial charge in [-0.05, 0) is 27.4 Å². The molecule has 0 atom stereocenters. The van der Waals surface area contributed by atoms with E-state index in [2.05, 4.69) is 31.6 Å². The molecule has 7 heteroatoms. The minimum Gasteiger partial charge on any atom is -0.320 e. The van der Waals surface area contributed by atoms with Crippen molar-refractivity contribution in [3.8, 4) is 0 Å². The molecule has 0 unspecified atom stereocenters. The zero-order valence-electron chi connectivity index (χ0n) is 7.77. The van der Waals surface area contributed by atoms with Crippen molar-refractivity contribution in [2.75, 3.05) is 5.32 Å². The van der Waals surface area contributed by atoms with Crippen LogP contribution >= 0.6 is 27.3 Å². The molecule has 0 bridgehead atoms. The molecule has 2 heterocycles. The first kappa shape index (κ1) is 10.3. The van der Waals surface area contributed by atoms with Crippen LogP contribution in [0.3, 0.4) is 0 Å². The van der Waals surface area contributed by atoms with Gasteiger partial charge < -0.3 is 5.32 Å². The van der Waals surface area contributed by atoms with E-state index in [0.717, 1.165) is 5.69 Å². The number of amides is 1. The molecule has 78 valence electrons. The summed E-state index contributed by atoms with van der Waals surface area (Å²) in [4.78, 5) is 11.8.